The van der Waals surface area contributed by atoms with Gasteiger partial charge in [0.1, 0.15) is 6.61 Å². The molecule has 0 aromatic heterocycles. The Morgan fingerprint density at radius 3 is 2.90 bits per heavy atom. The summed E-state index contributed by atoms with van der Waals surface area (Å²) in [4.78, 5) is 14.3. The molecule has 0 unspecified atom stereocenters. The van der Waals surface area contributed by atoms with E-state index in [-0.39, 0.29) is 30.8 Å². The molecule has 0 saturated carbocycles. The number of benzene rings is 1. The van der Waals surface area contributed by atoms with Crippen molar-refractivity contribution < 1.29 is 14.6 Å². The lowest BCUT2D eigenvalue weighted by molar-refractivity contribution is 0.0535. The van der Waals surface area contributed by atoms with Crippen molar-refractivity contribution in [1.29, 1.82) is 0 Å². The van der Waals surface area contributed by atoms with Gasteiger partial charge in [-0.25, -0.2) is 4.79 Å². The van der Waals surface area contributed by atoms with E-state index >= 15 is 0 Å². The zero-order valence-electron chi connectivity index (χ0n) is 12.1. The Hall–Kier alpha value is -1.59. The predicted octanol–water partition coefficient (Wildman–Crippen LogP) is 1.51. The molecule has 2 aliphatic rings. The SMILES string of the molecule is O=C(OCc1ccccc1)N1[C@@H]2CC[C@H]1[C@H](CCO)NC2. The summed E-state index contributed by atoms with van der Waals surface area (Å²) in [6.07, 6.45) is 2.46. The Labute approximate surface area is 124 Å². The lowest BCUT2D eigenvalue weighted by Crippen LogP contribution is -2.59. The fourth-order valence-corrected chi connectivity index (χ4v) is 3.44. The summed E-state index contributed by atoms with van der Waals surface area (Å²) in [6.45, 7) is 1.25. The first-order chi connectivity index (χ1) is 10.3. The number of rotatable bonds is 4. The van der Waals surface area contributed by atoms with Crippen LogP contribution in [0.1, 0.15) is 24.8 Å². The Morgan fingerprint density at radius 2 is 2.14 bits per heavy atom. The Morgan fingerprint density at radius 1 is 1.33 bits per heavy atom. The molecule has 2 N–H and O–H groups in total. The monoisotopic (exact) mass is 290 g/mol. The third kappa shape index (κ3) is 3.04. The molecule has 2 saturated heterocycles. The van der Waals surface area contributed by atoms with Crippen molar-refractivity contribution in [3.8, 4) is 0 Å². The van der Waals surface area contributed by atoms with Crippen LogP contribution in [0.25, 0.3) is 0 Å². The van der Waals surface area contributed by atoms with Crippen molar-refractivity contribution in [1.82, 2.24) is 10.2 Å². The highest BCUT2D eigenvalue weighted by atomic mass is 16.6. The van der Waals surface area contributed by atoms with E-state index < -0.39 is 0 Å². The molecule has 2 fully saturated rings. The van der Waals surface area contributed by atoms with Gasteiger partial charge in [-0.05, 0) is 24.8 Å². The van der Waals surface area contributed by atoms with Crippen LogP contribution in [0.2, 0.25) is 0 Å². The van der Waals surface area contributed by atoms with Crippen molar-refractivity contribution in [2.45, 2.75) is 44.0 Å². The molecule has 5 nitrogen and oxygen atoms in total. The third-order valence-electron chi connectivity index (χ3n) is 4.48. The van der Waals surface area contributed by atoms with Gasteiger partial charge in [-0.1, -0.05) is 30.3 Å². The molecule has 2 heterocycles. The van der Waals surface area contributed by atoms with E-state index in [0.29, 0.717) is 13.0 Å². The first-order valence-electron chi connectivity index (χ1n) is 7.63. The second kappa shape index (κ2) is 6.45. The van der Waals surface area contributed by atoms with E-state index in [1.165, 1.54) is 0 Å². The molecule has 114 valence electrons. The number of hydrogen-bond acceptors (Lipinski definition) is 4. The smallest absolute Gasteiger partial charge is 0.410 e. The maximum Gasteiger partial charge on any atom is 0.410 e. The number of aliphatic hydroxyl groups excluding tert-OH is 1. The zero-order valence-corrected chi connectivity index (χ0v) is 12.1. The molecule has 0 spiro atoms. The van der Waals surface area contributed by atoms with E-state index in [2.05, 4.69) is 5.32 Å². The van der Waals surface area contributed by atoms with Crippen LogP contribution in [0.15, 0.2) is 30.3 Å². The molecule has 0 aliphatic carbocycles. The van der Waals surface area contributed by atoms with Gasteiger partial charge in [0.2, 0.25) is 0 Å². The number of carbonyl (C=O) groups excluding carboxylic acids is 1. The molecule has 2 aliphatic heterocycles. The van der Waals surface area contributed by atoms with Gasteiger partial charge in [0.05, 0.1) is 6.04 Å². The van der Waals surface area contributed by atoms with Crippen LogP contribution in [0.4, 0.5) is 4.79 Å². The number of nitrogens with zero attached hydrogens (tertiary/aromatic N) is 1. The number of carbonyl (C=O) groups is 1. The molecule has 2 bridgehead atoms. The van der Waals surface area contributed by atoms with Gasteiger partial charge in [0.15, 0.2) is 0 Å². The minimum atomic E-state index is -0.226. The van der Waals surface area contributed by atoms with Crippen molar-refractivity contribution in [2.75, 3.05) is 13.2 Å². The van der Waals surface area contributed by atoms with Crippen LogP contribution < -0.4 is 5.32 Å². The Bertz CT molecular complexity index is 480. The first-order valence-corrected chi connectivity index (χ1v) is 7.63. The van der Waals surface area contributed by atoms with Crippen molar-refractivity contribution in [2.24, 2.45) is 0 Å². The quantitative estimate of drug-likeness (QED) is 0.882. The van der Waals surface area contributed by atoms with Crippen molar-refractivity contribution in [3.05, 3.63) is 35.9 Å². The van der Waals surface area contributed by atoms with E-state index in [9.17, 15) is 4.79 Å². The van der Waals surface area contributed by atoms with Crippen molar-refractivity contribution in [3.63, 3.8) is 0 Å². The Kier molecular flexibility index (Phi) is 4.41. The normalized spacial score (nSPS) is 27.7. The topological polar surface area (TPSA) is 61.8 Å². The molecule has 3 atom stereocenters. The maximum atomic E-state index is 12.4. The lowest BCUT2D eigenvalue weighted by Gasteiger charge is -2.39. The van der Waals surface area contributed by atoms with Crippen LogP contribution in [-0.2, 0) is 11.3 Å². The zero-order chi connectivity index (χ0) is 14.7. The van der Waals surface area contributed by atoms with Crippen LogP contribution >= 0.6 is 0 Å². The first kappa shape index (κ1) is 14.4. The molecule has 21 heavy (non-hydrogen) atoms. The number of piperazine rings is 1. The van der Waals surface area contributed by atoms with Crippen LogP contribution in [0, 0.1) is 0 Å². The summed E-state index contributed by atoms with van der Waals surface area (Å²) in [7, 11) is 0. The maximum absolute atomic E-state index is 12.4. The molecule has 5 heteroatoms. The molecule has 1 aromatic carbocycles. The minimum absolute atomic E-state index is 0.145. The lowest BCUT2D eigenvalue weighted by atomic mass is 10.0. The van der Waals surface area contributed by atoms with Gasteiger partial charge < -0.3 is 15.2 Å². The molecule has 3 rings (SSSR count). The van der Waals surface area contributed by atoms with E-state index in [4.69, 9.17) is 9.84 Å². The second-order valence-electron chi connectivity index (χ2n) is 5.77. The average Bonchev–Trinajstić information content (AvgIpc) is 2.84. The molecule has 0 radical (unpaired) electrons. The summed E-state index contributed by atoms with van der Waals surface area (Å²) in [5.74, 6) is 0. The standard InChI is InChI=1S/C16H22N2O3/c19-9-8-14-15-7-6-13(10-17-14)18(15)16(20)21-11-12-4-2-1-3-5-12/h1-5,13-15,17,19H,6-11H2/t13-,14+,15+/m1/s1. The Balaban J connectivity index is 1.61. The number of nitrogens with one attached hydrogen (secondary N) is 1. The van der Waals surface area contributed by atoms with E-state index in [1.54, 1.807) is 0 Å². The van der Waals surface area contributed by atoms with Gasteiger partial charge in [-0.3, -0.25) is 4.90 Å². The average molecular weight is 290 g/mol. The molecule has 1 aromatic rings. The number of amides is 1. The molecule has 1 amide bonds. The minimum Gasteiger partial charge on any atom is -0.445 e. The molecular formula is C16H22N2O3. The fraction of sp³-hybridized carbons (Fsp3) is 0.562. The summed E-state index contributed by atoms with van der Waals surface area (Å²) < 4.78 is 5.47. The summed E-state index contributed by atoms with van der Waals surface area (Å²) in [5, 5.41) is 12.6. The van der Waals surface area contributed by atoms with Crippen LogP contribution in [0.3, 0.4) is 0 Å². The summed E-state index contributed by atoms with van der Waals surface area (Å²) in [6, 6.07) is 10.3. The van der Waals surface area contributed by atoms with Crippen LogP contribution in [0.5, 0.6) is 0 Å². The van der Waals surface area contributed by atoms with E-state index in [0.717, 1.165) is 24.9 Å². The van der Waals surface area contributed by atoms with Crippen LogP contribution in [-0.4, -0.2) is 47.4 Å². The largest absolute Gasteiger partial charge is 0.445 e. The van der Waals surface area contributed by atoms with Gasteiger partial charge in [-0.2, -0.15) is 0 Å². The predicted molar refractivity (Wildman–Crippen MR) is 78.8 cm³/mol. The fourth-order valence-electron chi connectivity index (χ4n) is 3.44. The second-order valence-corrected chi connectivity index (χ2v) is 5.77. The van der Waals surface area contributed by atoms with Gasteiger partial charge in [0, 0.05) is 25.2 Å². The third-order valence-corrected chi connectivity index (χ3v) is 4.48. The summed E-state index contributed by atoms with van der Waals surface area (Å²) in [5.41, 5.74) is 1.00. The summed E-state index contributed by atoms with van der Waals surface area (Å²) >= 11 is 0. The number of hydrogen-bond donors (Lipinski definition) is 2. The van der Waals surface area contributed by atoms with Gasteiger partial charge >= 0.3 is 6.09 Å². The highest BCUT2D eigenvalue weighted by molar-refractivity contribution is 5.69. The number of fused-ring (bicyclic) bond motifs is 2. The van der Waals surface area contributed by atoms with Crippen molar-refractivity contribution >= 4 is 6.09 Å². The number of ether oxygens (including phenoxy) is 1. The number of aliphatic hydroxyl groups is 1. The highest BCUT2D eigenvalue weighted by Crippen LogP contribution is 2.31. The van der Waals surface area contributed by atoms with Gasteiger partial charge in [-0.15, -0.1) is 0 Å². The van der Waals surface area contributed by atoms with E-state index in [1.807, 2.05) is 35.2 Å². The highest BCUT2D eigenvalue weighted by Gasteiger charge is 2.45. The van der Waals surface area contributed by atoms with Gasteiger partial charge in [0.25, 0.3) is 0 Å². The molecular weight excluding hydrogens is 268 g/mol.